The highest BCUT2D eigenvalue weighted by molar-refractivity contribution is 9.25. The number of aliphatic hydroxyl groups is 2. The van der Waals surface area contributed by atoms with E-state index in [1.54, 1.807) is 0 Å². The molecule has 0 atom stereocenters. The van der Waals surface area contributed by atoms with E-state index in [2.05, 4.69) is 63.7 Å². The van der Waals surface area contributed by atoms with Crippen LogP contribution in [0.15, 0.2) is 0 Å². The van der Waals surface area contributed by atoms with Crippen molar-refractivity contribution in [3.05, 3.63) is 0 Å². The summed E-state index contributed by atoms with van der Waals surface area (Å²) >= 11 is 13.0. The SMILES string of the molecule is OCC(CO)(C(Br)Br)C(Br)Br. The summed E-state index contributed by atoms with van der Waals surface area (Å²) in [7, 11) is 0. The third-order valence-electron chi connectivity index (χ3n) is 1.46. The third-order valence-corrected chi connectivity index (χ3v) is 5.11. The molecular formula is C5H8Br4O2. The maximum absolute atomic E-state index is 9.04. The smallest absolute Gasteiger partial charge is 0.0817 e. The maximum atomic E-state index is 9.04. The van der Waals surface area contributed by atoms with Crippen LogP contribution in [0.3, 0.4) is 0 Å². The lowest BCUT2D eigenvalue weighted by Crippen LogP contribution is -2.41. The second kappa shape index (κ2) is 5.54. The monoisotopic (exact) mass is 416 g/mol. The van der Waals surface area contributed by atoms with Crippen LogP contribution in [0.4, 0.5) is 0 Å². The van der Waals surface area contributed by atoms with Crippen molar-refractivity contribution in [2.24, 2.45) is 5.41 Å². The molecule has 0 aliphatic carbocycles. The number of aliphatic hydroxyl groups excluding tert-OH is 2. The van der Waals surface area contributed by atoms with Gasteiger partial charge in [0.25, 0.3) is 0 Å². The third kappa shape index (κ3) is 2.91. The summed E-state index contributed by atoms with van der Waals surface area (Å²) in [5.74, 6) is 0. The predicted molar refractivity (Wildman–Crippen MR) is 59.9 cm³/mol. The van der Waals surface area contributed by atoms with Gasteiger partial charge in [-0.1, -0.05) is 63.7 Å². The fraction of sp³-hybridized carbons (Fsp3) is 1.00. The van der Waals surface area contributed by atoms with Gasteiger partial charge in [-0.3, -0.25) is 0 Å². The molecule has 0 spiro atoms. The molecule has 0 aromatic carbocycles. The lowest BCUT2D eigenvalue weighted by atomic mass is 9.96. The van der Waals surface area contributed by atoms with Gasteiger partial charge in [-0.25, -0.2) is 0 Å². The molecule has 11 heavy (non-hydrogen) atoms. The predicted octanol–water partition coefficient (Wildman–Crippen LogP) is 2.19. The van der Waals surface area contributed by atoms with Crippen molar-refractivity contribution in [1.29, 1.82) is 0 Å². The first-order chi connectivity index (χ1) is 5.01. The van der Waals surface area contributed by atoms with Crippen molar-refractivity contribution in [3.63, 3.8) is 0 Å². The van der Waals surface area contributed by atoms with E-state index in [0.717, 1.165) is 0 Å². The minimum atomic E-state index is -0.639. The van der Waals surface area contributed by atoms with Gasteiger partial charge >= 0.3 is 0 Å². The number of alkyl halides is 4. The lowest BCUT2D eigenvalue weighted by Gasteiger charge is -2.33. The molecule has 0 unspecified atom stereocenters. The molecule has 0 aliphatic heterocycles. The number of halogens is 4. The molecule has 0 aromatic rings. The van der Waals surface area contributed by atoms with Crippen LogP contribution >= 0.6 is 63.7 Å². The highest BCUT2D eigenvalue weighted by atomic mass is 79.9. The molecule has 0 aromatic heterocycles. The van der Waals surface area contributed by atoms with Crippen LogP contribution in [0, 0.1) is 5.41 Å². The van der Waals surface area contributed by atoms with E-state index in [0.29, 0.717) is 0 Å². The molecule has 0 amide bonds. The van der Waals surface area contributed by atoms with Crippen LogP contribution in [0.1, 0.15) is 0 Å². The second-order valence-corrected chi connectivity index (χ2v) is 8.27. The molecular weight excluding hydrogens is 412 g/mol. The summed E-state index contributed by atoms with van der Waals surface area (Å²) in [5.41, 5.74) is -0.639. The number of rotatable bonds is 4. The zero-order valence-electron chi connectivity index (χ0n) is 5.48. The summed E-state index contributed by atoms with van der Waals surface area (Å²) in [6.07, 6.45) is 0. The Balaban J connectivity index is 4.46. The van der Waals surface area contributed by atoms with Crippen LogP contribution in [0.2, 0.25) is 0 Å². The Bertz CT molecular complexity index is 103. The molecule has 0 saturated heterocycles. The molecule has 0 rings (SSSR count). The zero-order valence-corrected chi connectivity index (χ0v) is 11.8. The lowest BCUT2D eigenvalue weighted by molar-refractivity contribution is 0.0859. The van der Waals surface area contributed by atoms with Gasteiger partial charge in [0, 0.05) is 0 Å². The first-order valence-corrected chi connectivity index (χ1v) is 6.45. The molecule has 0 saturated carbocycles. The first-order valence-electron chi connectivity index (χ1n) is 2.79. The van der Waals surface area contributed by atoms with Gasteiger partial charge in [-0.2, -0.15) is 0 Å². The summed E-state index contributed by atoms with van der Waals surface area (Å²) < 4.78 is -0.303. The minimum Gasteiger partial charge on any atom is -0.396 e. The van der Waals surface area contributed by atoms with Gasteiger partial charge in [0.05, 0.1) is 26.1 Å². The summed E-state index contributed by atoms with van der Waals surface area (Å²) in [5, 5.41) is 18.1. The Labute approximate surface area is 99.3 Å². The molecule has 0 fully saturated rings. The molecule has 0 radical (unpaired) electrons. The van der Waals surface area contributed by atoms with E-state index in [9.17, 15) is 0 Å². The first kappa shape index (κ1) is 12.8. The van der Waals surface area contributed by atoms with Gasteiger partial charge in [0.2, 0.25) is 0 Å². The molecule has 2 N–H and O–H groups in total. The van der Waals surface area contributed by atoms with Crippen LogP contribution < -0.4 is 0 Å². The van der Waals surface area contributed by atoms with Crippen molar-refractivity contribution in [1.82, 2.24) is 0 Å². The van der Waals surface area contributed by atoms with E-state index in [1.165, 1.54) is 0 Å². The van der Waals surface area contributed by atoms with Gasteiger partial charge < -0.3 is 10.2 Å². The van der Waals surface area contributed by atoms with Crippen molar-refractivity contribution >= 4 is 63.7 Å². The van der Waals surface area contributed by atoms with E-state index < -0.39 is 5.41 Å². The minimum absolute atomic E-state index is 0.119. The maximum Gasteiger partial charge on any atom is 0.0817 e. The standard InChI is InChI=1S/C5H8Br4O2/c6-3(7)5(1-10,2-11)4(8)9/h3-4,10-11H,1-2H2. The second-order valence-electron chi connectivity index (χ2n) is 2.15. The summed E-state index contributed by atoms with van der Waals surface area (Å²) in [4.78, 5) is 0. The van der Waals surface area contributed by atoms with Crippen LogP contribution in [-0.4, -0.2) is 30.9 Å². The Morgan fingerprint density at radius 2 is 1.18 bits per heavy atom. The molecule has 0 aliphatic rings. The Kier molecular flexibility index (Phi) is 6.47. The molecule has 2 nitrogen and oxygen atoms in total. The van der Waals surface area contributed by atoms with Crippen LogP contribution in [0.5, 0.6) is 0 Å². The highest BCUT2D eigenvalue weighted by Gasteiger charge is 2.40. The zero-order chi connectivity index (χ0) is 9.07. The van der Waals surface area contributed by atoms with E-state index in [-0.39, 0.29) is 20.7 Å². The molecule has 0 heterocycles. The van der Waals surface area contributed by atoms with Crippen molar-refractivity contribution in [3.8, 4) is 0 Å². The van der Waals surface area contributed by atoms with Crippen molar-refractivity contribution < 1.29 is 10.2 Å². The molecule has 6 heteroatoms. The Morgan fingerprint density at radius 3 is 1.18 bits per heavy atom. The highest BCUT2D eigenvalue weighted by Crippen LogP contribution is 2.41. The molecule has 0 bridgehead atoms. The average molecular weight is 420 g/mol. The summed E-state index contributed by atoms with van der Waals surface area (Å²) in [6, 6.07) is 0. The average Bonchev–Trinajstić information content (AvgIpc) is 1.90. The van der Waals surface area contributed by atoms with Crippen LogP contribution in [0.25, 0.3) is 0 Å². The summed E-state index contributed by atoms with van der Waals surface area (Å²) in [6.45, 7) is -0.238. The number of hydrogen-bond donors (Lipinski definition) is 2. The quantitative estimate of drug-likeness (QED) is 0.686. The fourth-order valence-electron chi connectivity index (χ4n) is 0.421. The van der Waals surface area contributed by atoms with E-state index >= 15 is 0 Å². The van der Waals surface area contributed by atoms with Crippen molar-refractivity contribution in [2.45, 2.75) is 7.47 Å². The van der Waals surface area contributed by atoms with E-state index in [4.69, 9.17) is 10.2 Å². The molecule has 68 valence electrons. The Morgan fingerprint density at radius 1 is 0.909 bits per heavy atom. The van der Waals surface area contributed by atoms with Crippen molar-refractivity contribution in [2.75, 3.05) is 13.2 Å². The Hall–Kier alpha value is 1.84. The fourth-order valence-corrected chi connectivity index (χ4v) is 4.06. The normalized spacial score (nSPS) is 13.1. The van der Waals surface area contributed by atoms with Crippen LogP contribution in [-0.2, 0) is 0 Å². The number of hydrogen-bond acceptors (Lipinski definition) is 2. The van der Waals surface area contributed by atoms with Gasteiger partial charge in [0.1, 0.15) is 0 Å². The van der Waals surface area contributed by atoms with Gasteiger partial charge in [0.15, 0.2) is 0 Å². The van der Waals surface area contributed by atoms with E-state index in [1.807, 2.05) is 0 Å². The largest absolute Gasteiger partial charge is 0.396 e. The topological polar surface area (TPSA) is 40.5 Å². The van der Waals surface area contributed by atoms with Gasteiger partial charge in [-0.15, -0.1) is 0 Å². The van der Waals surface area contributed by atoms with Gasteiger partial charge in [-0.05, 0) is 0 Å².